The van der Waals surface area contributed by atoms with Crippen molar-refractivity contribution in [2.75, 3.05) is 25.5 Å². The Kier molecular flexibility index (Phi) is 8.28. The van der Waals surface area contributed by atoms with Crippen LogP contribution >= 0.6 is 11.6 Å². The Morgan fingerprint density at radius 1 is 1.14 bits per heavy atom. The van der Waals surface area contributed by atoms with Crippen LogP contribution in [0.15, 0.2) is 36.4 Å². The number of benzene rings is 2. The van der Waals surface area contributed by atoms with Crippen molar-refractivity contribution in [2.45, 2.75) is 51.6 Å². The van der Waals surface area contributed by atoms with Crippen molar-refractivity contribution >= 4 is 29.3 Å². The highest BCUT2D eigenvalue weighted by Gasteiger charge is 2.33. The molecule has 0 spiro atoms. The van der Waals surface area contributed by atoms with E-state index in [2.05, 4.69) is 10.6 Å². The van der Waals surface area contributed by atoms with Crippen LogP contribution in [0.25, 0.3) is 0 Å². The fourth-order valence-corrected chi connectivity index (χ4v) is 4.00. The third kappa shape index (κ3) is 7.19. The van der Waals surface area contributed by atoms with Gasteiger partial charge in [-0.2, -0.15) is 13.2 Å². The van der Waals surface area contributed by atoms with Gasteiger partial charge in [0.2, 0.25) is 0 Å². The first-order chi connectivity index (χ1) is 16.8. The number of amides is 2. The molecule has 0 bridgehead atoms. The number of likely N-dealkylation sites (tertiary alicyclic amines) is 1. The van der Waals surface area contributed by atoms with Gasteiger partial charge < -0.3 is 25.0 Å². The molecule has 36 heavy (non-hydrogen) atoms. The molecule has 7 nitrogen and oxygen atoms in total. The molecule has 11 heteroatoms. The molecule has 1 aliphatic heterocycles. The lowest BCUT2D eigenvalue weighted by Gasteiger charge is -2.24. The van der Waals surface area contributed by atoms with Crippen LogP contribution in [0.2, 0.25) is 5.02 Å². The number of hydrogen-bond acceptors (Lipinski definition) is 5. The average molecular weight is 528 g/mol. The molecule has 2 amide bonds. The van der Waals surface area contributed by atoms with Crippen LogP contribution in [0.5, 0.6) is 5.75 Å². The maximum absolute atomic E-state index is 13.4. The van der Waals surface area contributed by atoms with Crippen LogP contribution in [0.1, 0.15) is 48.7 Å². The number of nitrogens with one attached hydrogen (secondary N) is 2. The van der Waals surface area contributed by atoms with Crippen molar-refractivity contribution in [3.05, 3.63) is 58.1 Å². The van der Waals surface area contributed by atoms with Gasteiger partial charge in [0.25, 0.3) is 5.91 Å². The van der Waals surface area contributed by atoms with E-state index in [-0.39, 0.29) is 23.8 Å². The zero-order chi connectivity index (χ0) is 26.7. The largest absolute Gasteiger partial charge is 0.495 e. The fraction of sp³-hybridized carbons (Fsp3) is 0.440. The number of methoxy groups -OCH3 is 1. The molecule has 2 N–H and O–H groups in total. The summed E-state index contributed by atoms with van der Waals surface area (Å²) in [5.41, 5.74) is -0.841. The number of rotatable bonds is 6. The van der Waals surface area contributed by atoms with Crippen LogP contribution in [0.3, 0.4) is 0 Å². The Morgan fingerprint density at radius 3 is 2.47 bits per heavy atom. The molecule has 3 rings (SSSR count). The van der Waals surface area contributed by atoms with Gasteiger partial charge in [0.05, 0.1) is 23.3 Å². The predicted octanol–water partition coefficient (Wildman–Crippen LogP) is 5.72. The van der Waals surface area contributed by atoms with Gasteiger partial charge in [-0.1, -0.05) is 17.7 Å². The molecule has 1 heterocycles. The summed E-state index contributed by atoms with van der Waals surface area (Å²) < 4.78 is 50.6. The summed E-state index contributed by atoms with van der Waals surface area (Å²) in [6, 6.07) is 7.65. The van der Waals surface area contributed by atoms with Crippen molar-refractivity contribution in [3.8, 4) is 5.75 Å². The van der Waals surface area contributed by atoms with Crippen LogP contribution in [0, 0.1) is 0 Å². The van der Waals surface area contributed by atoms with E-state index in [0.717, 1.165) is 12.1 Å². The molecule has 196 valence electrons. The molecule has 2 aromatic carbocycles. The molecule has 1 saturated heterocycles. The van der Waals surface area contributed by atoms with Crippen molar-refractivity contribution in [1.82, 2.24) is 10.2 Å². The monoisotopic (exact) mass is 527 g/mol. The van der Waals surface area contributed by atoms with E-state index in [1.165, 1.54) is 18.1 Å². The first-order valence-electron chi connectivity index (χ1n) is 11.3. The molecule has 2 aromatic rings. The van der Waals surface area contributed by atoms with Gasteiger partial charge in [0, 0.05) is 31.4 Å². The highest BCUT2D eigenvalue weighted by Crippen LogP contribution is 2.33. The normalized spacial score (nSPS) is 16.0. The highest BCUT2D eigenvalue weighted by atomic mass is 35.5. The molecule has 1 atom stereocenters. The Hall–Kier alpha value is -3.14. The van der Waals surface area contributed by atoms with E-state index in [0.29, 0.717) is 35.8 Å². The van der Waals surface area contributed by atoms with E-state index in [1.807, 2.05) is 0 Å². The van der Waals surface area contributed by atoms with Gasteiger partial charge in [0.15, 0.2) is 0 Å². The van der Waals surface area contributed by atoms with E-state index < -0.39 is 29.3 Å². The van der Waals surface area contributed by atoms with Crippen LogP contribution in [-0.2, 0) is 17.5 Å². The Morgan fingerprint density at radius 2 is 1.86 bits per heavy atom. The quantitative estimate of drug-likeness (QED) is 0.502. The van der Waals surface area contributed by atoms with Crippen molar-refractivity contribution in [3.63, 3.8) is 0 Å². The highest BCUT2D eigenvalue weighted by molar-refractivity contribution is 6.32. The second-order valence-corrected chi connectivity index (χ2v) is 9.87. The number of halogens is 4. The fourth-order valence-electron chi connectivity index (χ4n) is 3.72. The Labute approximate surface area is 212 Å². The maximum Gasteiger partial charge on any atom is 0.416 e. The summed E-state index contributed by atoms with van der Waals surface area (Å²) in [6.45, 7) is 6.07. The minimum absolute atomic E-state index is 0.0497. The number of carbonyl (C=O) groups is 2. The second kappa shape index (κ2) is 10.9. The molecular weight excluding hydrogens is 499 g/mol. The van der Waals surface area contributed by atoms with Crippen molar-refractivity contribution in [1.29, 1.82) is 0 Å². The number of nitrogens with zero attached hydrogens (tertiary/aromatic N) is 1. The van der Waals surface area contributed by atoms with Gasteiger partial charge in [-0.25, -0.2) is 4.79 Å². The third-order valence-corrected chi connectivity index (χ3v) is 5.76. The van der Waals surface area contributed by atoms with E-state index in [9.17, 15) is 22.8 Å². The Balaban J connectivity index is 1.75. The van der Waals surface area contributed by atoms with Crippen molar-refractivity contribution in [2.24, 2.45) is 0 Å². The standard InChI is InChI=1S/C25H29ClF3N3O4/c1-24(2,3)36-23(34)32-10-9-17(14-32)31-20-7-6-16(25(27,28)29)12-18(20)22(33)30-13-15-5-8-21(35-4)19(26)11-15/h5-8,11-12,17,31H,9-10,13-14H2,1-4H3,(H,30,33)/t17-/m0/s1. The smallest absolute Gasteiger partial charge is 0.416 e. The average Bonchev–Trinajstić information content (AvgIpc) is 3.25. The first kappa shape index (κ1) is 27.4. The number of hydrogen-bond donors (Lipinski definition) is 2. The van der Waals surface area contributed by atoms with Crippen LogP contribution in [0.4, 0.5) is 23.7 Å². The number of carbonyl (C=O) groups excluding carboxylic acids is 2. The van der Waals surface area contributed by atoms with Gasteiger partial charge >= 0.3 is 12.3 Å². The summed E-state index contributed by atoms with van der Waals surface area (Å²) in [5.74, 6) is -0.217. The molecule has 1 aliphatic rings. The van der Waals surface area contributed by atoms with E-state index in [4.69, 9.17) is 21.1 Å². The molecule has 0 unspecified atom stereocenters. The maximum atomic E-state index is 13.4. The van der Waals surface area contributed by atoms with Gasteiger partial charge in [-0.15, -0.1) is 0 Å². The molecule has 0 aromatic heterocycles. The molecule has 0 radical (unpaired) electrons. The molecular formula is C25H29ClF3N3O4. The van der Waals surface area contributed by atoms with E-state index >= 15 is 0 Å². The van der Waals surface area contributed by atoms with Crippen molar-refractivity contribution < 1.29 is 32.2 Å². The second-order valence-electron chi connectivity index (χ2n) is 9.47. The van der Waals surface area contributed by atoms with Crippen LogP contribution in [-0.4, -0.2) is 48.7 Å². The van der Waals surface area contributed by atoms with Gasteiger partial charge in [-0.3, -0.25) is 4.79 Å². The lowest BCUT2D eigenvalue weighted by Crippen LogP contribution is -2.36. The van der Waals surface area contributed by atoms with Gasteiger partial charge in [0.1, 0.15) is 11.4 Å². The first-order valence-corrected chi connectivity index (χ1v) is 11.7. The summed E-state index contributed by atoms with van der Waals surface area (Å²) in [5, 5.41) is 6.12. The Bertz CT molecular complexity index is 1120. The minimum atomic E-state index is -4.61. The zero-order valence-corrected chi connectivity index (χ0v) is 21.2. The number of ether oxygens (including phenoxy) is 2. The predicted molar refractivity (Wildman–Crippen MR) is 130 cm³/mol. The zero-order valence-electron chi connectivity index (χ0n) is 20.5. The summed E-state index contributed by atoms with van der Waals surface area (Å²) in [6.07, 6.45) is -4.53. The minimum Gasteiger partial charge on any atom is -0.495 e. The number of alkyl halides is 3. The van der Waals surface area contributed by atoms with Crippen LogP contribution < -0.4 is 15.4 Å². The number of anilines is 1. The molecule has 0 saturated carbocycles. The topological polar surface area (TPSA) is 79.9 Å². The molecule has 0 aliphatic carbocycles. The molecule has 1 fully saturated rings. The lowest BCUT2D eigenvalue weighted by atomic mass is 10.1. The summed E-state index contributed by atoms with van der Waals surface area (Å²) >= 11 is 6.11. The summed E-state index contributed by atoms with van der Waals surface area (Å²) in [4.78, 5) is 26.8. The lowest BCUT2D eigenvalue weighted by molar-refractivity contribution is -0.137. The summed E-state index contributed by atoms with van der Waals surface area (Å²) in [7, 11) is 1.47. The van der Waals surface area contributed by atoms with Gasteiger partial charge in [-0.05, 0) is 63.1 Å². The third-order valence-electron chi connectivity index (χ3n) is 5.46. The SMILES string of the molecule is COc1ccc(CNC(=O)c2cc(C(F)(F)F)ccc2N[C@H]2CCN(C(=O)OC(C)(C)C)C2)cc1Cl. The van der Waals surface area contributed by atoms with E-state index in [1.54, 1.807) is 39.0 Å².